The Hall–Kier alpha value is -1.13. The number of benzene rings is 1. The van der Waals surface area contributed by atoms with Gasteiger partial charge in [-0.2, -0.15) is 0 Å². The second-order valence-electron chi connectivity index (χ2n) is 5.96. The van der Waals surface area contributed by atoms with Gasteiger partial charge in [0.05, 0.1) is 5.69 Å². The topological polar surface area (TPSA) is 18.5 Å². The Bertz CT molecular complexity index is 426. The van der Waals surface area contributed by atoms with E-state index in [0.717, 1.165) is 44.0 Å². The summed E-state index contributed by atoms with van der Waals surface area (Å²) in [5, 5.41) is 3.12. The van der Waals surface area contributed by atoms with Crippen molar-refractivity contribution in [2.45, 2.75) is 20.4 Å². The van der Waals surface area contributed by atoms with Crippen LogP contribution < -0.4 is 10.2 Å². The van der Waals surface area contributed by atoms with E-state index in [1.165, 1.54) is 0 Å². The average Bonchev–Trinajstić information content (AvgIpc) is 2.40. The lowest BCUT2D eigenvalue weighted by Crippen LogP contribution is -2.48. The summed E-state index contributed by atoms with van der Waals surface area (Å²) in [6.07, 6.45) is 0. The van der Waals surface area contributed by atoms with Gasteiger partial charge in [0.15, 0.2) is 0 Å². The molecule has 2 rings (SSSR count). The first-order valence-corrected chi connectivity index (χ1v) is 7.51. The molecule has 0 saturated carbocycles. The largest absolute Gasteiger partial charge is 0.366 e. The van der Waals surface area contributed by atoms with Crippen molar-refractivity contribution in [2.24, 2.45) is 5.92 Å². The van der Waals surface area contributed by atoms with E-state index >= 15 is 0 Å². The molecule has 20 heavy (non-hydrogen) atoms. The standard InChI is InChI=1S/C16H26FN3/c1-13(2)12-19-7-9-20(10-8-19)16-14(11-18-3)5-4-6-15(16)17/h4-6,13,18H,7-12H2,1-3H3. The van der Waals surface area contributed by atoms with Crippen LogP contribution in [0.3, 0.4) is 0 Å². The van der Waals surface area contributed by atoms with E-state index in [0.29, 0.717) is 12.5 Å². The third-order valence-electron chi connectivity index (χ3n) is 3.75. The van der Waals surface area contributed by atoms with Crippen molar-refractivity contribution in [3.8, 4) is 0 Å². The number of nitrogens with zero attached hydrogens (tertiary/aromatic N) is 2. The number of halogens is 1. The smallest absolute Gasteiger partial charge is 0.146 e. The molecule has 0 atom stereocenters. The predicted octanol–water partition coefficient (Wildman–Crippen LogP) is 2.32. The first-order valence-electron chi connectivity index (χ1n) is 7.51. The summed E-state index contributed by atoms with van der Waals surface area (Å²) in [5.74, 6) is 0.588. The Labute approximate surface area is 121 Å². The maximum Gasteiger partial charge on any atom is 0.146 e. The van der Waals surface area contributed by atoms with Gasteiger partial charge in [-0.1, -0.05) is 26.0 Å². The number of piperazine rings is 1. The Morgan fingerprint density at radius 1 is 1.20 bits per heavy atom. The Morgan fingerprint density at radius 3 is 2.50 bits per heavy atom. The molecule has 1 N–H and O–H groups in total. The first kappa shape index (κ1) is 15.3. The van der Waals surface area contributed by atoms with E-state index in [1.807, 2.05) is 13.1 Å². The van der Waals surface area contributed by atoms with Gasteiger partial charge >= 0.3 is 0 Å². The molecule has 4 heteroatoms. The molecule has 1 fully saturated rings. The highest BCUT2D eigenvalue weighted by Gasteiger charge is 2.21. The molecule has 0 bridgehead atoms. The molecule has 0 aliphatic carbocycles. The highest BCUT2D eigenvalue weighted by molar-refractivity contribution is 5.55. The SMILES string of the molecule is CNCc1cccc(F)c1N1CCN(CC(C)C)CC1. The van der Waals surface area contributed by atoms with Crippen LogP contribution in [0.2, 0.25) is 0 Å². The summed E-state index contributed by atoms with van der Waals surface area (Å²) in [5.41, 5.74) is 1.83. The Balaban J connectivity index is 2.06. The van der Waals surface area contributed by atoms with Crippen molar-refractivity contribution in [3.63, 3.8) is 0 Å². The maximum absolute atomic E-state index is 14.2. The third-order valence-corrected chi connectivity index (χ3v) is 3.75. The van der Waals surface area contributed by atoms with Gasteiger partial charge in [0.1, 0.15) is 5.82 Å². The molecule has 0 amide bonds. The second kappa shape index (κ2) is 7.04. The zero-order valence-electron chi connectivity index (χ0n) is 12.8. The van der Waals surface area contributed by atoms with Crippen molar-refractivity contribution in [1.82, 2.24) is 10.2 Å². The quantitative estimate of drug-likeness (QED) is 0.892. The minimum Gasteiger partial charge on any atom is -0.366 e. The summed E-state index contributed by atoms with van der Waals surface area (Å²) >= 11 is 0. The fourth-order valence-electron chi connectivity index (χ4n) is 2.92. The van der Waals surface area contributed by atoms with E-state index in [-0.39, 0.29) is 5.82 Å². The highest BCUT2D eigenvalue weighted by Crippen LogP contribution is 2.25. The van der Waals surface area contributed by atoms with Gasteiger partial charge in [0.25, 0.3) is 0 Å². The van der Waals surface area contributed by atoms with Crippen LogP contribution in [0.15, 0.2) is 18.2 Å². The summed E-state index contributed by atoms with van der Waals surface area (Å²) in [4.78, 5) is 4.67. The fraction of sp³-hybridized carbons (Fsp3) is 0.625. The van der Waals surface area contributed by atoms with Crippen LogP contribution in [0.25, 0.3) is 0 Å². The first-order chi connectivity index (χ1) is 9.61. The molecule has 1 saturated heterocycles. The number of hydrogen-bond donors (Lipinski definition) is 1. The van der Waals surface area contributed by atoms with Gasteiger partial charge in [0, 0.05) is 39.3 Å². The van der Waals surface area contributed by atoms with Gasteiger partial charge in [0.2, 0.25) is 0 Å². The van der Waals surface area contributed by atoms with Crippen molar-refractivity contribution >= 4 is 5.69 Å². The molecule has 1 aliphatic heterocycles. The molecule has 1 heterocycles. The molecular weight excluding hydrogens is 253 g/mol. The maximum atomic E-state index is 14.2. The summed E-state index contributed by atoms with van der Waals surface area (Å²) in [7, 11) is 1.90. The Morgan fingerprint density at radius 2 is 1.90 bits per heavy atom. The van der Waals surface area contributed by atoms with Gasteiger partial charge in [-0.25, -0.2) is 4.39 Å². The summed E-state index contributed by atoms with van der Waals surface area (Å²) in [6, 6.07) is 5.37. The lowest BCUT2D eigenvalue weighted by atomic mass is 10.1. The molecule has 1 aromatic rings. The molecule has 0 spiro atoms. The molecule has 0 aromatic heterocycles. The molecule has 1 aliphatic rings. The van der Waals surface area contributed by atoms with E-state index in [9.17, 15) is 4.39 Å². The number of para-hydroxylation sites is 1. The minimum absolute atomic E-state index is 0.102. The summed E-state index contributed by atoms with van der Waals surface area (Å²) in [6.45, 7) is 10.2. The number of anilines is 1. The van der Waals surface area contributed by atoms with Gasteiger partial charge in [-0.3, -0.25) is 4.90 Å². The van der Waals surface area contributed by atoms with Crippen LogP contribution in [-0.2, 0) is 6.54 Å². The molecular formula is C16H26FN3. The molecule has 0 unspecified atom stereocenters. The monoisotopic (exact) mass is 279 g/mol. The normalized spacial score (nSPS) is 16.9. The van der Waals surface area contributed by atoms with Crippen LogP contribution in [0.5, 0.6) is 0 Å². The highest BCUT2D eigenvalue weighted by atomic mass is 19.1. The van der Waals surface area contributed by atoms with Gasteiger partial charge in [-0.05, 0) is 24.6 Å². The van der Waals surface area contributed by atoms with Crippen molar-refractivity contribution in [1.29, 1.82) is 0 Å². The minimum atomic E-state index is -0.102. The van der Waals surface area contributed by atoms with E-state index < -0.39 is 0 Å². The fourth-order valence-corrected chi connectivity index (χ4v) is 2.92. The number of hydrogen-bond acceptors (Lipinski definition) is 3. The van der Waals surface area contributed by atoms with Crippen LogP contribution in [0.1, 0.15) is 19.4 Å². The van der Waals surface area contributed by atoms with Gasteiger partial charge < -0.3 is 10.2 Å². The summed E-state index contributed by atoms with van der Waals surface area (Å²) < 4.78 is 14.2. The zero-order valence-corrected chi connectivity index (χ0v) is 12.8. The molecule has 3 nitrogen and oxygen atoms in total. The van der Waals surface area contributed by atoms with E-state index in [2.05, 4.69) is 29.0 Å². The van der Waals surface area contributed by atoms with Crippen LogP contribution >= 0.6 is 0 Å². The van der Waals surface area contributed by atoms with E-state index in [1.54, 1.807) is 12.1 Å². The van der Waals surface area contributed by atoms with Crippen LogP contribution in [0, 0.1) is 11.7 Å². The van der Waals surface area contributed by atoms with E-state index in [4.69, 9.17) is 0 Å². The number of nitrogens with one attached hydrogen (secondary N) is 1. The molecule has 112 valence electrons. The van der Waals surface area contributed by atoms with Gasteiger partial charge in [-0.15, -0.1) is 0 Å². The lowest BCUT2D eigenvalue weighted by molar-refractivity contribution is 0.230. The molecule has 0 radical (unpaired) electrons. The predicted molar refractivity (Wildman–Crippen MR) is 82.7 cm³/mol. The van der Waals surface area contributed by atoms with Crippen molar-refractivity contribution in [3.05, 3.63) is 29.6 Å². The van der Waals surface area contributed by atoms with Crippen molar-refractivity contribution in [2.75, 3.05) is 44.7 Å². The Kier molecular flexibility index (Phi) is 5.38. The zero-order chi connectivity index (χ0) is 14.5. The van der Waals surface area contributed by atoms with Crippen LogP contribution in [0.4, 0.5) is 10.1 Å². The number of rotatable bonds is 5. The van der Waals surface area contributed by atoms with Crippen molar-refractivity contribution < 1.29 is 4.39 Å². The lowest BCUT2D eigenvalue weighted by Gasteiger charge is -2.37. The average molecular weight is 279 g/mol. The second-order valence-corrected chi connectivity index (χ2v) is 5.96. The third kappa shape index (κ3) is 3.70. The molecule has 1 aromatic carbocycles. The van der Waals surface area contributed by atoms with Crippen LogP contribution in [-0.4, -0.2) is 44.7 Å².